The van der Waals surface area contributed by atoms with Gasteiger partial charge in [0.25, 0.3) is 0 Å². The molecule has 2 rings (SSSR count). The first kappa shape index (κ1) is 11.0. The quantitative estimate of drug-likeness (QED) is 0.763. The summed E-state index contributed by atoms with van der Waals surface area (Å²) < 4.78 is 9.96. The van der Waals surface area contributed by atoms with Crippen LogP contribution in [0.5, 0.6) is 0 Å². The summed E-state index contributed by atoms with van der Waals surface area (Å²) in [6.07, 6.45) is 1.86. The number of carbonyl (C=O) groups is 1. The zero-order chi connectivity index (χ0) is 11.6. The van der Waals surface area contributed by atoms with Crippen LogP contribution in [0.25, 0.3) is 0 Å². The highest BCUT2D eigenvalue weighted by Gasteiger charge is 2.48. The fourth-order valence-corrected chi connectivity index (χ4v) is 1.94. The van der Waals surface area contributed by atoms with Crippen LogP contribution >= 0.6 is 0 Å². The number of aromatic nitrogens is 1. The molecule has 88 valence electrons. The molecule has 1 N–H and O–H groups in total. The van der Waals surface area contributed by atoms with Gasteiger partial charge in [0.1, 0.15) is 11.2 Å². The Morgan fingerprint density at radius 2 is 2.44 bits per heavy atom. The monoisotopic (exact) mass is 224 g/mol. The van der Waals surface area contributed by atoms with Crippen molar-refractivity contribution in [3.05, 3.63) is 18.3 Å². The molecule has 0 aliphatic carbocycles. The van der Waals surface area contributed by atoms with Crippen molar-refractivity contribution >= 4 is 11.8 Å². The maximum Gasteiger partial charge on any atom is 0.318 e. The summed E-state index contributed by atoms with van der Waals surface area (Å²) >= 11 is 0. The van der Waals surface area contributed by atoms with Gasteiger partial charge in [-0.15, -0.1) is 0 Å². The molecule has 1 aliphatic rings. The Morgan fingerprint density at radius 1 is 1.69 bits per heavy atom. The van der Waals surface area contributed by atoms with Crippen LogP contribution in [0.3, 0.4) is 0 Å². The van der Waals surface area contributed by atoms with Gasteiger partial charge in [0, 0.05) is 19.8 Å². The lowest BCUT2D eigenvalue weighted by molar-refractivity contribution is -0.180. The van der Waals surface area contributed by atoms with Crippen LogP contribution in [0.4, 0.5) is 5.82 Å². The zero-order valence-electron chi connectivity index (χ0n) is 9.53. The lowest BCUT2D eigenvalue weighted by Gasteiger charge is -2.41. The van der Waals surface area contributed by atoms with E-state index in [1.54, 1.807) is 0 Å². The van der Waals surface area contributed by atoms with E-state index in [0.29, 0.717) is 19.8 Å². The molecule has 1 aromatic rings. The highest BCUT2D eigenvalue weighted by molar-refractivity contribution is 5.79. The molecular formula is C11H16N2O3. The summed E-state index contributed by atoms with van der Waals surface area (Å²) in [5.74, 6) is 0.785. The number of anilines is 1. The van der Waals surface area contributed by atoms with E-state index >= 15 is 0 Å². The molecule has 2 heterocycles. The number of carbonyl (C=O) groups excluding carboxylic acids is 1. The number of aromatic amines is 1. The topological polar surface area (TPSA) is 54.6 Å². The third-order valence-corrected chi connectivity index (χ3v) is 2.91. The summed E-state index contributed by atoms with van der Waals surface area (Å²) in [6, 6.07) is 3.89. The molecule has 0 bridgehead atoms. The summed E-state index contributed by atoms with van der Waals surface area (Å²) in [4.78, 5) is 16.8. The standard InChI is InChI=1S/C11H16N2O3/c1-13(9-4-3-5-12-9)6-11(7-16-8-11)10(14)15-2/h3-5,12H,6-8H2,1-2H3. The normalized spacial score (nSPS) is 17.6. The van der Waals surface area contributed by atoms with Crippen LogP contribution in [0, 0.1) is 5.41 Å². The van der Waals surface area contributed by atoms with Crippen molar-refractivity contribution in [3.8, 4) is 0 Å². The van der Waals surface area contributed by atoms with E-state index in [4.69, 9.17) is 9.47 Å². The van der Waals surface area contributed by atoms with Crippen LogP contribution < -0.4 is 4.90 Å². The third-order valence-electron chi connectivity index (χ3n) is 2.91. The van der Waals surface area contributed by atoms with Gasteiger partial charge >= 0.3 is 5.97 Å². The summed E-state index contributed by atoms with van der Waals surface area (Å²) in [5.41, 5.74) is -0.505. The Bertz CT molecular complexity index is 357. The predicted octanol–water partition coefficient (Wildman–Crippen LogP) is 0.640. The number of hydrogen-bond donors (Lipinski definition) is 1. The van der Waals surface area contributed by atoms with Crippen molar-refractivity contribution < 1.29 is 14.3 Å². The van der Waals surface area contributed by atoms with Gasteiger partial charge in [-0.1, -0.05) is 0 Å². The highest BCUT2D eigenvalue weighted by atomic mass is 16.5. The molecule has 0 radical (unpaired) electrons. The first-order valence-electron chi connectivity index (χ1n) is 5.19. The van der Waals surface area contributed by atoms with Crippen LogP contribution in [0.1, 0.15) is 0 Å². The van der Waals surface area contributed by atoms with Gasteiger partial charge in [-0.3, -0.25) is 4.79 Å². The Kier molecular flexibility index (Phi) is 2.87. The molecule has 0 unspecified atom stereocenters. The minimum absolute atomic E-state index is 0.197. The zero-order valence-corrected chi connectivity index (χ0v) is 9.53. The molecule has 1 fully saturated rings. The van der Waals surface area contributed by atoms with Gasteiger partial charge in [0.05, 0.1) is 20.3 Å². The molecule has 16 heavy (non-hydrogen) atoms. The van der Waals surface area contributed by atoms with E-state index in [1.165, 1.54) is 7.11 Å². The third kappa shape index (κ3) is 1.78. The molecule has 0 aromatic carbocycles. The number of nitrogens with one attached hydrogen (secondary N) is 1. The molecule has 0 amide bonds. The number of methoxy groups -OCH3 is 1. The molecule has 0 saturated carbocycles. The van der Waals surface area contributed by atoms with Crippen molar-refractivity contribution in [2.24, 2.45) is 5.41 Å². The van der Waals surface area contributed by atoms with E-state index in [0.717, 1.165) is 5.82 Å². The smallest absolute Gasteiger partial charge is 0.318 e. The van der Waals surface area contributed by atoms with Crippen molar-refractivity contribution in [1.82, 2.24) is 4.98 Å². The van der Waals surface area contributed by atoms with Crippen LogP contribution in [0.15, 0.2) is 18.3 Å². The van der Waals surface area contributed by atoms with E-state index in [-0.39, 0.29) is 5.97 Å². The summed E-state index contributed by atoms with van der Waals surface area (Å²) in [5, 5.41) is 0. The van der Waals surface area contributed by atoms with Gasteiger partial charge in [-0.2, -0.15) is 0 Å². The molecule has 5 heteroatoms. The Morgan fingerprint density at radius 3 is 2.88 bits per heavy atom. The molecule has 5 nitrogen and oxygen atoms in total. The molecule has 0 atom stereocenters. The van der Waals surface area contributed by atoms with Crippen molar-refractivity contribution in [2.75, 3.05) is 38.8 Å². The van der Waals surface area contributed by atoms with Gasteiger partial charge in [-0.05, 0) is 12.1 Å². The lowest BCUT2D eigenvalue weighted by atomic mass is 9.85. The van der Waals surface area contributed by atoms with Gasteiger partial charge in [0.15, 0.2) is 0 Å². The van der Waals surface area contributed by atoms with Gasteiger partial charge in [-0.25, -0.2) is 0 Å². The number of esters is 1. The van der Waals surface area contributed by atoms with E-state index in [1.807, 2.05) is 30.3 Å². The van der Waals surface area contributed by atoms with E-state index in [2.05, 4.69) is 4.98 Å². The first-order valence-corrected chi connectivity index (χ1v) is 5.19. The Hall–Kier alpha value is -1.49. The molecule has 1 aromatic heterocycles. The van der Waals surface area contributed by atoms with Crippen LogP contribution in [-0.2, 0) is 14.3 Å². The fourth-order valence-electron chi connectivity index (χ4n) is 1.94. The van der Waals surface area contributed by atoms with Crippen molar-refractivity contribution in [1.29, 1.82) is 0 Å². The second kappa shape index (κ2) is 4.17. The summed E-state index contributed by atoms with van der Waals surface area (Å²) in [6.45, 7) is 1.47. The average Bonchev–Trinajstić information content (AvgIpc) is 2.75. The fraction of sp³-hybridized carbons (Fsp3) is 0.545. The second-order valence-electron chi connectivity index (χ2n) is 4.18. The Balaban J connectivity index is 2.05. The number of rotatable bonds is 4. The van der Waals surface area contributed by atoms with E-state index < -0.39 is 5.41 Å². The number of hydrogen-bond acceptors (Lipinski definition) is 4. The number of H-pyrrole nitrogens is 1. The maximum absolute atomic E-state index is 11.7. The van der Waals surface area contributed by atoms with Gasteiger partial charge < -0.3 is 19.4 Å². The molecule has 1 saturated heterocycles. The largest absolute Gasteiger partial charge is 0.468 e. The highest BCUT2D eigenvalue weighted by Crippen LogP contribution is 2.30. The van der Waals surface area contributed by atoms with Crippen molar-refractivity contribution in [3.63, 3.8) is 0 Å². The Labute approximate surface area is 94.3 Å². The number of ether oxygens (including phenoxy) is 2. The van der Waals surface area contributed by atoms with Crippen molar-refractivity contribution in [2.45, 2.75) is 0 Å². The molecular weight excluding hydrogens is 208 g/mol. The van der Waals surface area contributed by atoms with Crippen LogP contribution in [0.2, 0.25) is 0 Å². The van der Waals surface area contributed by atoms with E-state index in [9.17, 15) is 4.79 Å². The predicted molar refractivity (Wildman–Crippen MR) is 59.3 cm³/mol. The van der Waals surface area contributed by atoms with Crippen LogP contribution in [-0.4, -0.2) is 44.9 Å². The number of nitrogens with zero attached hydrogens (tertiary/aromatic N) is 1. The SMILES string of the molecule is COC(=O)C1(CN(C)c2ccc[nH]2)COC1. The lowest BCUT2D eigenvalue weighted by Crippen LogP contribution is -2.56. The summed E-state index contributed by atoms with van der Waals surface area (Å²) in [7, 11) is 3.35. The first-order chi connectivity index (χ1) is 7.68. The minimum Gasteiger partial charge on any atom is -0.468 e. The second-order valence-corrected chi connectivity index (χ2v) is 4.18. The average molecular weight is 224 g/mol. The van der Waals surface area contributed by atoms with Gasteiger partial charge in [0.2, 0.25) is 0 Å². The maximum atomic E-state index is 11.7. The minimum atomic E-state index is -0.505. The molecule has 1 aliphatic heterocycles. The molecule has 0 spiro atoms.